The molecule has 0 saturated carbocycles. The minimum atomic E-state index is -0.109. The first-order valence-electron chi connectivity index (χ1n) is 5.87. The smallest absolute Gasteiger partial charge is 0.251 e. The highest BCUT2D eigenvalue weighted by Crippen LogP contribution is 2.01. The lowest BCUT2D eigenvalue weighted by atomic mass is 10.2. The fourth-order valence-electron chi connectivity index (χ4n) is 1.41. The number of rotatable bonds is 6. The highest BCUT2D eigenvalue weighted by atomic mass is 16.5. The van der Waals surface area contributed by atoms with E-state index in [1.807, 2.05) is 0 Å². The van der Waals surface area contributed by atoms with Crippen molar-refractivity contribution < 1.29 is 5.21 Å². The molecule has 1 aromatic rings. The first-order chi connectivity index (χ1) is 8.15. The van der Waals surface area contributed by atoms with Crippen LogP contribution >= 0.6 is 0 Å². The summed E-state index contributed by atoms with van der Waals surface area (Å²) >= 11 is 0. The molecule has 0 radical (unpaired) electrons. The van der Waals surface area contributed by atoms with Gasteiger partial charge in [-0.2, -0.15) is 9.97 Å². The van der Waals surface area contributed by atoms with Gasteiger partial charge in [0.1, 0.15) is 0 Å². The van der Waals surface area contributed by atoms with Gasteiger partial charge in [-0.1, -0.05) is 32.6 Å². The normalized spacial score (nSPS) is 10.4. The Hall–Kier alpha value is -1.79. The van der Waals surface area contributed by atoms with E-state index in [0.29, 0.717) is 11.3 Å². The van der Waals surface area contributed by atoms with Crippen molar-refractivity contribution in [2.24, 2.45) is 4.99 Å². The fourth-order valence-corrected chi connectivity index (χ4v) is 1.41. The topological polar surface area (TPSA) is 115 Å². The second-order valence-electron chi connectivity index (χ2n) is 3.85. The molecule has 5 N–H and O–H groups in total. The van der Waals surface area contributed by atoms with Crippen molar-refractivity contribution in [2.45, 2.75) is 39.0 Å². The first kappa shape index (κ1) is 13.3. The monoisotopic (exact) mass is 240 g/mol. The maximum atomic E-state index is 9.20. The Balaban J connectivity index is 2.49. The lowest BCUT2D eigenvalue weighted by Crippen LogP contribution is -2.23. The van der Waals surface area contributed by atoms with Crippen molar-refractivity contribution in [1.82, 2.24) is 14.7 Å². The number of unbranched alkanes of at least 4 members (excludes halogenated alkanes) is 4. The van der Waals surface area contributed by atoms with E-state index in [1.54, 1.807) is 0 Å². The number of nitrogens with two attached hydrogens (primary N) is 2. The fraction of sp³-hybridized carbons (Fsp3) is 0.700. The van der Waals surface area contributed by atoms with Crippen LogP contribution in [-0.4, -0.2) is 26.5 Å². The molecule has 96 valence electrons. The maximum Gasteiger partial charge on any atom is 0.251 e. The Morgan fingerprint density at radius 3 is 2.29 bits per heavy atom. The van der Waals surface area contributed by atoms with Gasteiger partial charge in [0.25, 0.3) is 5.62 Å². The summed E-state index contributed by atoms with van der Waals surface area (Å²) in [5.41, 5.74) is 11.0. The number of aromatic nitrogens is 3. The molecule has 17 heavy (non-hydrogen) atoms. The molecule has 1 heterocycles. The summed E-state index contributed by atoms with van der Waals surface area (Å²) in [6.45, 7) is 2.83. The largest absolute Gasteiger partial charge is 0.422 e. The van der Waals surface area contributed by atoms with Crippen LogP contribution in [-0.2, 0) is 0 Å². The predicted molar refractivity (Wildman–Crippen MR) is 65.2 cm³/mol. The summed E-state index contributed by atoms with van der Waals surface area (Å²) in [6, 6.07) is 0. The molecule has 1 rings (SSSR count). The van der Waals surface area contributed by atoms with Gasteiger partial charge in [0, 0.05) is 6.54 Å². The van der Waals surface area contributed by atoms with Crippen LogP contribution in [0.3, 0.4) is 0 Å². The molecule has 0 saturated heterocycles. The van der Waals surface area contributed by atoms with Crippen molar-refractivity contribution in [2.75, 3.05) is 18.0 Å². The Labute approximate surface area is 100 Å². The molecule has 0 bridgehead atoms. The molecular formula is C10H20N6O. The zero-order valence-corrected chi connectivity index (χ0v) is 10.1. The van der Waals surface area contributed by atoms with Crippen LogP contribution in [0.25, 0.3) is 0 Å². The van der Waals surface area contributed by atoms with E-state index < -0.39 is 0 Å². The molecule has 0 aliphatic heterocycles. The first-order valence-corrected chi connectivity index (χ1v) is 5.87. The van der Waals surface area contributed by atoms with Gasteiger partial charge in [-0.05, 0) is 6.42 Å². The minimum Gasteiger partial charge on any atom is -0.422 e. The van der Waals surface area contributed by atoms with Crippen LogP contribution in [0.1, 0.15) is 39.0 Å². The number of nitrogens with zero attached hydrogens (tertiary/aromatic N) is 4. The summed E-state index contributed by atoms with van der Waals surface area (Å²) in [6.07, 6.45) is 5.85. The van der Waals surface area contributed by atoms with E-state index in [2.05, 4.69) is 21.9 Å². The summed E-state index contributed by atoms with van der Waals surface area (Å²) in [5.74, 6) is -0.218. The highest BCUT2D eigenvalue weighted by Gasteiger charge is 2.01. The molecule has 0 unspecified atom stereocenters. The van der Waals surface area contributed by atoms with Crippen LogP contribution in [0.2, 0.25) is 0 Å². The van der Waals surface area contributed by atoms with Crippen molar-refractivity contribution in [3.05, 3.63) is 5.62 Å². The molecule has 7 nitrogen and oxygen atoms in total. The summed E-state index contributed by atoms with van der Waals surface area (Å²) in [4.78, 5) is 11.8. The third-order valence-corrected chi connectivity index (χ3v) is 2.38. The van der Waals surface area contributed by atoms with Crippen LogP contribution in [0.15, 0.2) is 4.99 Å². The average molecular weight is 240 g/mol. The van der Waals surface area contributed by atoms with E-state index in [9.17, 15) is 5.21 Å². The van der Waals surface area contributed by atoms with Crippen LogP contribution in [0.4, 0.5) is 11.9 Å². The van der Waals surface area contributed by atoms with Gasteiger partial charge in [0.2, 0.25) is 11.9 Å². The van der Waals surface area contributed by atoms with Gasteiger partial charge in [-0.3, -0.25) is 0 Å². The predicted octanol–water partition coefficient (Wildman–Crippen LogP) is 0.551. The summed E-state index contributed by atoms with van der Waals surface area (Å²) in [7, 11) is 0. The average Bonchev–Trinajstić information content (AvgIpc) is 2.30. The second kappa shape index (κ2) is 6.72. The van der Waals surface area contributed by atoms with Gasteiger partial charge in [-0.25, -0.2) is 4.99 Å². The zero-order valence-electron chi connectivity index (χ0n) is 10.1. The molecular weight excluding hydrogens is 220 g/mol. The standard InChI is InChI=1S/C10H20N6O/c1-2-3-4-5-6-7-13-10-14-8(11)16(17)9(12)15-10/h17H,2-7H2,1H3,(H4,11,12,13,14,15). The summed E-state index contributed by atoms with van der Waals surface area (Å²) < 4.78 is 0.528. The van der Waals surface area contributed by atoms with Crippen molar-refractivity contribution >= 4 is 11.9 Å². The third-order valence-electron chi connectivity index (χ3n) is 2.38. The Morgan fingerprint density at radius 2 is 1.71 bits per heavy atom. The van der Waals surface area contributed by atoms with Crippen LogP contribution in [0.5, 0.6) is 0 Å². The molecule has 0 spiro atoms. The van der Waals surface area contributed by atoms with E-state index in [-0.39, 0.29) is 17.5 Å². The van der Waals surface area contributed by atoms with Crippen LogP contribution < -0.4 is 17.1 Å². The molecule has 0 atom stereocenters. The Morgan fingerprint density at radius 1 is 1.12 bits per heavy atom. The molecule has 0 fully saturated rings. The number of anilines is 2. The van der Waals surface area contributed by atoms with Gasteiger partial charge in [0.15, 0.2) is 0 Å². The van der Waals surface area contributed by atoms with Gasteiger partial charge < -0.3 is 16.7 Å². The Bertz CT molecular complexity index is 387. The lowest BCUT2D eigenvalue weighted by molar-refractivity contribution is 0.190. The molecule has 0 aliphatic carbocycles. The highest BCUT2D eigenvalue weighted by molar-refractivity contribution is 5.25. The molecule has 0 amide bonds. The van der Waals surface area contributed by atoms with Gasteiger partial charge in [-0.15, -0.1) is 4.73 Å². The second-order valence-corrected chi connectivity index (χ2v) is 3.85. The quantitative estimate of drug-likeness (QED) is 0.496. The van der Waals surface area contributed by atoms with E-state index in [0.717, 1.165) is 12.8 Å². The van der Waals surface area contributed by atoms with E-state index >= 15 is 0 Å². The van der Waals surface area contributed by atoms with Crippen molar-refractivity contribution in [3.63, 3.8) is 0 Å². The maximum absolute atomic E-state index is 9.20. The molecule has 0 aliphatic rings. The van der Waals surface area contributed by atoms with Gasteiger partial charge >= 0.3 is 0 Å². The van der Waals surface area contributed by atoms with E-state index in [4.69, 9.17) is 11.5 Å². The van der Waals surface area contributed by atoms with Crippen molar-refractivity contribution in [1.29, 1.82) is 0 Å². The number of nitrogen functional groups attached to an aromatic ring is 2. The van der Waals surface area contributed by atoms with Crippen LogP contribution in [0, 0.1) is 0 Å². The third kappa shape index (κ3) is 4.29. The number of hydrogen-bond acceptors (Lipinski definition) is 6. The Kier molecular flexibility index (Phi) is 5.25. The minimum absolute atomic E-state index is 0.109. The zero-order chi connectivity index (χ0) is 12.7. The van der Waals surface area contributed by atoms with E-state index in [1.165, 1.54) is 19.3 Å². The summed E-state index contributed by atoms with van der Waals surface area (Å²) in [5, 5.41) is 9.20. The SMILES string of the molecule is CCCCCCCN=c1nc(N)n(O)c(N)n1. The molecule has 7 heteroatoms. The molecule has 0 aromatic carbocycles. The van der Waals surface area contributed by atoms with Crippen molar-refractivity contribution in [3.8, 4) is 0 Å². The number of hydrogen-bond donors (Lipinski definition) is 3. The van der Waals surface area contributed by atoms with Gasteiger partial charge in [0.05, 0.1) is 0 Å². The lowest BCUT2D eigenvalue weighted by Gasteiger charge is -2.02. The molecule has 1 aromatic heterocycles.